The van der Waals surface area contributed by atoms with E-state index in [9.17, 15) is 23.4 Å². The minimum absolute atomic E-state index is 0.111. The number of β-amino-alcohol motifs (C(OH)–C–C–N with tert-alkyl or cyclic N) is 1. The van der Waals surface area contributed by atoms with Crippen molar-refractivity contribution in [1.29, 1.82) is 0 Å². The molecule has 1 unspecified atom stereocenters. The second-order valence-corrected chi connectivity index (χ2v) is 11.1. The van der Waals surface area contributed by atoms with Gasteiger partial charge in [-0.2, -0.15) is 4.31 Å². The average molecular weight is 541 g/mol. The fraction of sp³-hybridized carbons (Fsp3) is 0.391. The van der Waals surface area contributed by atoms with Crippen molar-refractivity contribution in [2.24, 2.45) is 0 Å². The number of anilines is 1. The molecule has 1 aliphatic heterocycles. The van der Waals surface area contributed by atoms with Crippen molar-refractivity contribution in [3.05, 3.63) is 74.3 Å². The van der Waals surface area contributed by atoms with Gasteiger partial charge in [-0.05, 0) is 54.8 Å². The molecule has 13 heteroatoms. The summed E-state index contributed by atoms with van der Waals surface area (Å²) in [4.78, 5) is 13.3. The average Bonchev–Trinajstić information content (AvgIpc) is 3.25. The number of aromatic amines is 1. The SMILES string of the molecule is Cc1ccc(F)c([C@H](C)[C@H](c2n[nH]c(=O)o2)N2CN(CC(O)CO)c3cc(Cl)ccc3S2(=O)=O)c1C. The Morgan fingerprint density at radius 1 is 1.28 bits per heavy atom. The molecule has 0 bridgehead atoms. The van der Waals surface area contributed by atoms with Gasteiger partial charge in [0, 0.05) is 17.5 Å². The molecule has 194 valence electrons. The zero-order chi connectivity index (χ0) is 26.4. The van der Waals surface area contributed by atoms with Gasteiger partial charge in [0.25, 0.3) is 0 Å². The molecule has 3 aromatic rings. The fourth-order valence-corrected chi connectivity index (χ4v) is 6.56. The first kappa shape index (κ1) is 26.3. The monoisotopic (exact) mass is 540 g/mol. The van der Waals surface area contributed by atoms with Crippen LogP contribution in [0.25, 0.3) is 0 Å². The first-order valence-electron chi connectivity index (χ1n) is 11.1. The molecule has 36 heavy (non-hydrogen) atoms. The van der Waals surface area contributed by atoms with Crippen molar-refractivity contribution in [1.82, 2.24) is 14.5 Å². The second kappa shape index (κ2) is 9.94. The number of fused-ring (bicyclic) bond motifs is 1. The van der Waals surface area contributed by atoms with Crippen LogP contribution in [-0.2, 0) is 10.0 Å². The fourth-order valence-electron chi connectivity index (χ4n) is 4.58. The highest BCUT2D eigenvalue weighted by molar-refractivity contribution is 7.89. The lowest BCUT2D eigenvalue weighted by Crippen LogP contribution is -2.51. The molecular weight excluding hydrogens is 515 g/mol. The highest BCUT2D eigenvalue weighted by Crippen LogP contribution is 2.44. The van der Waals surface area contributed by atoms with E-state index in [-0.39, 0.29) is 40.3 Å². The molecular formula is C23H26ClFN4O6S. The molecule has 0 saturated carbocycles. The Labute approximate surface area is 212 Å². The van der Waals surface area contributed by atoms with Gasteiger partial charge in [0.2, 0.25) is 15.9 Å². The number of H-pyrrole nitrogens is 1. The van der Waals surface area contributed by atoms with Crippen LogP contribution < -0.4 is 10.7 Å². The number of nitrogens with one attached hydrogen (secondary N) is 1. The zero-order valence-corrected chi connectivity index (χ0v) is 21.3. The predicted octanol–water partition coefficient (Wildman–Crippen LogP) is 2.44. The summed E-state index contributed by atoms with van der Waals surface area (Å²) >= 11 is 6.13. The quantitative estimate of drug-likeness (QED) is 0.415. The third-order valence-corrected chi connectivity index (χ3v) is 8.58. The maximum atomic E-state index is 15.1. The Kier molecular flexibility index (Phi) is 7.26. The number of hydrogen-bond acceptors (Lipinski definition) is 8. The van der Waals surface area contributed by atoms with E-state index in [4.69, 9.17) is 16.0 Å². The molecule has 0 spiro atoms. The summed E-state index contributed by atoms with van der Waals surface area (Å²) in [5.74, 6) is -2.51. The summed E-state index contributed by atoms with van der Waals surface area (Å²) in [6, 6.07) is 5.89. The molecule has 0 radical (unpaired) electrons. The lowest BCUT2D eigenvalue weighted by atomic mass is 9.87. The molecule has 1 aromatic heterocycles. The second-order valence-electron chi connectivity index (χ2n) is 8.79. The van der Waals surface area contributed by atoms with Gasteiger partial charge in [0.05, 0.1) is 25.1 Å². The van der Waals surface area contributed by atoms with Crippen LogP contribution in [0, 0.1) is 19.7 Å². The number of aromatic nitrogens is 2. The van der Waals surface area contributed by atoms with Gasteiger partial charge in [0.1, 0.15) is 16.8 Å². The lowest BCUT2D eigenvalue weighted by Gasteiger charge is -2.42. The Hall–Kier alpha value is -2.77. The standard InChI is InChI=1S/C23H26ClFN4O6S/c1-12-4-6-17(25)20(13(12)2)14(3)21(22-26-27-23(32)35-22)29-11-28(9-16(31)10-30)18-8-15(24)5-7-19(18)36(29,33)34/h4-8,14,16,21,30-31H,9-11H2,1-3H3,(H,27,32)/t14-,16?,21+/m0/s1. The summed E-state index contributed by atoms with van der Waals surface area (Å²) in [6.07, 6.45) is -1.19. The summed E-state index contributed by atoms with van der Waals surface area (Å²) in [5.41, 5.74) is 1.91. The van der Waals surface area contributed by atoms with Gasteiger partial charge < -0.3 is 19.5 Å². The van der Waals surface area contributed by atoms with E-state index in [2.05, 4.69) is 10.2 Å². The minimum atomic E-state index is -4.25. The zero-order valence-electron chi connectivity index (χ0n) is 19.8. The van der Waals surface area contributed by atoms with E-state index in [0.29, 0.717) is 5.56 Å². The smallest absolute Gasteiger partial charge is 0.394 e. The number of aliphatic hydroxyl groups excluding tert-OH is 2. The van der Waals surface area contributed by atoms with Crippen LogP contribution in [0.5, 0.6) is 0 Å². The Morgan fingerprint density at radius 3 is 2.64 bits per heavy atom. The van der Waals surface area contributed by atoms with Gasteiger partial charge in [-0.1, -0.05) is 24.6 Å². The summed E-state index contributed by atoms with van der Waals surface area (Å²) in [7, 11) is -4.25. The Bertz CT molecular complexity index is 1440. The van der Waals surface area contributed by atoms with Gasteiger partial charge in [-0.15, -0.1) is 5.10 Å². The topological polar surface area (TPSA) is 140 Å². The molecule has 0 amide bonds. The van der Waals surface area contributed by atoms with Gasteiger partial charge in [-0.3, -0.25) is 0 Å². The van der Waals surface area contributed by atoms with E-state index in [1.165, 1.54) is 29.2 Å². The first-order chi connectivity index (χ1) is 16.9. The molecule has 1 aliphatic rings. The van der Waals surface area contributed by atoms with Crippen molar-refractivity contribution in [3.63, 3.8) is 0 Å². The minimum Gasteiger partial charge on any atom is -0.394 e. The first-order valence-corrected chi connectivity index (χ1v) is 12.9. The van der Waals surface area contributed by atoms with Gasteiger partial charge in [-0.25, -0.2) is 22.7 Å². The van der Waals surface area contributed by atoms with Crippen LogP contribution in [0.2, 0.25) is 5.02 Å². The van der Waals surface area contributed by atoms with Crippen LogP contribution in [0.4, 0.5) is 10.1 Å². The maximum Gasteiger partial charge on any atom is 0.434 e. The number of aryl methyl sites for hydroxylation is 1. The van der Waals surface area contributed by atoms with E-state index < -0.39 is 46.3 Å². The number of nitrogens with zero attached hydrogens (tertiary/aromatic N) is 3. The Morgan fingerprint density at radius 2 is 2.00 bits per heavy atom. The third kappa shape index (κ3) is 4.66. The summed E-state index contributed by atoms with van der Waals surface area (Å²) in [6.45, 7) is 4.17. The van der Waals surface area contributed by atoms with Crippen LogP contribution in [0.15, 0.2) is 44.4 Å². The third-order valence-electron chi connectivity index (χ3n) is 6.48. The van der Waals surface area contributed by atoms with Crippen molar-refractivity contribution >= 4 is 27.3 Å². The molecule has 0 fully saturated rings. The normalized spacial score (nSPS) is 18.0. The molecule has 3 N–H and O–H groups in total. The number of hydrogen-bond donors (Lipinski definition) is 3. The predicted molar refractivity (Wildman–Crippen MR) is 130 cm³/mol. The van der Waals surface area contributed by atoms with Crippen LogP contribution in [0.3, 0.4) is 0 Å². The Balaban J connectivity index is 1.92. The summed E-state index contributed by atoms with van der Waals surface area (Å²) < 4.78 is 49.2. The molecule has 0 aliphatic carbocycles. The van der Waals surface area contributed by atoms with E-state index in [0.717, 1.165) is 9.87 Å². The van der Waals surface area contributed by atoms with Crippen LogP contribution >= 0.6 is 11.6 Å². The van der Waals surface area contributed by atoms with Crippen molar-refractivity contribution in [3.8, 4) is 0 Å². The number of halogens is 2. The van der Waals surface area contributed by atoms with Gasteiger partial charge in [0.15, 0.2) is 0 Å². The summed E-state index contributed by atoms with van der Waals surface area (Å²) in [5, 5.41) is 25.9. The lowest BCUT2D eigenvalue weighted by molar-refractivity contribution is 0.0967. The van der Waals surface area contributed by atoms with Crippen molar-refractivity contribution < 1.29 is 27.4 Å². The highest BCUT2D eigenvalue weighted by Gasteiger charge is 2.45. The number of rotatable bonds is 7. The number of sulfonamides is 1. The van der Waals surface area contributed by atoms with E-state index in [1.54, 1.807) is 19.9 Å². The van der Waals surface area contributed by atoms with Crippen LogP contribution in [0.1, 0.15) is 41.5 Å². The highest BCUT2D eigenvalue weighted by atomic mass is 35.5. The van der Waals surface area contributed by atoms with E-state index in [1.807, 2.05) is 6.92 Å². The molecule has 2 aromatic carbocycles. The number of aliphatic hydroxyl groups is 2. The van der Waals surface area contributed by atoms with E-state index >= 15 is 4.39 Å². The van der Waals surface area contributed by atoms with Crippen molar-refractivity contribution in [2.45, 2.75) is 43.7 Å². The van der Waals surface area contributed by atoms with Gasteiger partial charge >= 0.3 is 5.76 Å². The van der Waals surface area contributed by atoms with Crippen molar-refractivity contribution in [2.75, 3.05) is 24.7 Å². The molecule has 3 atom stereocenters. The van der Waals surface area contributed by atoms with Crippen LogP contribution in [-0.4, -0.2) is 59.1 Å². The molecule has 2 heterocycles. The largest absolute Gasteiger partial charge is 0.434 e. The molecule has 4 rings (SSSR count). The maximum absolute atomic E-state index is 15.1. The molecule has 0 saturated heterocycles. The molecule has 10 nitrogen and oxygen atoms in total. The number of benzene rings is 2.